The fraction of sp³-hybridized carbons (Fsp3) is 0.281. The molecule has 9 heteroatoms. The summed E-state index contributed by atoms with van der Waals surface area (Å²) in [5.74, 6) is -0.633. The van der Waals surface area contributed by atoms with E-state index in [-0.39, 0.29) is 17.7 Å². The summed E-state index contributed by atoms with van der Waals surface area (Å²) in [6.45, 7) is 5.06. The zero-order chi connectivity index (χ0) is 29.5. The third kappa shape index (κ3) is 7.58. The van der Waals surface area contributed by atoms with Gasteiger partial charge in [-0.1, -0.05) is 24.3 Å². The molecule has 0 atom stereocenters. The molecule has 3 aromatic carbocycles. The first kappa shape index (κ1) is 29.5. The Bertz CT molecular complexity index is 1540. The smallest absolute Gasteiger partial charge is 0.223 e. The molecule has 4 aromatic rings. The number of aromatic amines is 1. The van der Waals surface area contributed by atoms with E-state index in [4.69, 9.17) is 4.99 Å². The van der Waals surface area contributed by atoms with Gasteiger partial charge in [0.1, 0.15) is 5.82 Å². The number of hydrogen-bond donors (Lipinski definition) is 3. The lowest BCUT2D eigenvalue weighted by Gasteiger charge is -2.22. The van der Waals surface area contributed by atoms with E-state index in [1.165, 1.54) is 19.1 Å². The Morgan fingerprint density at radius 1 is 0.976 bits per heavy atom. The van der Waals surface area contributed by atoms with Crippen LogP contribution in [0.2, 0.25) is 0 Å². The molecular weight excluding hydrogens is 521 g/mol. The average Bonchev–Trinajstić information content (AvgIpc) is 3.24. The van der Waals surface area contributed by atoms with Crippen LogP contribution in [0.3, 0.4) is 0 Å². The van der Waals surface area contributed by atoms with Gasteiger partial charge in [-0.2, -0.15) is 0 Å². The third-order valence-corrected chi connectivity index (χ3v) is 6.76. The number of aromatic hydroxyl groups is 1. The summed E-state index contributed by atoms with van der Waals surface area (Å²) in [6, 6.07) is 19.5. The number of carbonyl (C=O) groups excluding carboxylic acids is 2. The maximum Gasteiger partial charge on any atom is 0.223 e. The Kier molecular flexibility index (Phi) is 9.52. The first-order valence-corrected chi connectivity index (χ1v) is 13.6. The lowest BCUT2D eigenvalue weighted by Crippen LogP contribution is -2.31. The molecule has 0 aliphatic carbocycles. The van der Waals surface area contributed by atoms with Crippen molar-refractivity contribution in [3.8, 4) is 5.88 Å². The fourth-order valence-electron chi connectivity index (χ4n) is 4.72. The van der Waals surface area contributed by atoms with Gasteiger partial charge in [0, 0.05) is 43.6 Å². The van der Waals surface area contributed by atoms with E-state index in [2.05, 4.69) is 15.2 Å². The Labute approximate surface area is 239 Å². The summed E-state index contributed by atoms with van der Waals surface area (Å²) in [5, 5.41) is 14.3. The topological polar surface area (TPSA) is 101 Å². The molecule has 0 fully saturated rings. The second kappa shape index (κ2) is 13.2. The second-order valence-electron chi connectivity index (χ2n) is 10.3. The van der Waals surface area contributed by atoms with E-state index in [1.807, 2.05) is 62.6 Å². The van der Waals surface area contributed by atoms with Crippen LogP contribution in [0.4, 0.5) is 15.8 Å². The van der Waals surface area contributed by atoms with E-state index in [1.54, 1.807) is 17.9 Å². The van der Waals surface area contributed by atoms with E-state index in [0.29, 0.717) is 47.4 Å². The van der Waals surface area contributed by atoms with Gasteiger partial charge < -0.3 is 25.2 Å². The molecule has 41 heavy (non-hydrogen) atoms. The molecule has 4 rings (SSSR count). The second-order valence-corrected chi connectivity index (χ2v) is 10.3. The van der Waals surface area contributed by atoms with Crippen LogP contribution in [-0.4, -0.2) is 66.2 Å². The number of halogens is 1. The molecule has 2 amide bonds. The zero-order valence-electron chi connectivity index (χ0n) is 23.9. The fourth-order valence-corrected chi connectivity index (χ4v) is 4.72. The van der Waals surface area contributed by atoms with Gasteiger partial charge in [-0.3, -0.25) is 9.59 Å². The highest BCUT2D eigenvalue weighted by Gasteiger charge is 2.19. The van der Waals surface area contributed by atoms with Gasteiger partial charge in [-0.25, -0.2) is 9.38 Å². The first-order valence-electron chi connectivity index (χ1n) is 13.6. The number of rotatable bonds is 11. The predicted molar refractivity (Wildman–Crippen MR) is 162 cm³/mol. The van der Waals surface area contributed by atoms with Crippen molar-refractivity contribution in [1.82, 2.24) is 15.2 Å². The molecule has 1 aromatic heterocycles. The van der Waals surface area contributed by atoms with Crippen LogP contribution in [0.1, 0.15) is 37.0 Å². The summed E-state index contributed by atoms with van der Waals surface area (Å²) in [5.41, 5.74) is 4.64. The molecule has 0 radical (unpaired) electrons. The van der Waals surface area contributed by atoms with Crippen LogP contribution in [0.5, 0.6) is 5.88 Å². The standard InChI is InChI=1S/C32H36FN5O3/c1-21(39)34-17-16-23-6-8-24(9-7-23)31(30-28-15-10-25(33)20-29(28)36-32(30)41)35-26-11-13-27(14-12-26)38(22(2)40)19-5-18-37(3)4/h6-15,20,36,41H,5,16-19H2,1-4H3,(H,34,39). The van der Waals surface area contributed by atoms with Gasteiger partial charge in [0.2, 0.25) is 11.8 Å². The highest BCUT2D eigenvalue weighted by molar-refractivity contribution is 6.21. The van der Waals surface area contributed by atoms with Crippen molar-refractivity contribution >= 4 is 39.8 Å². The van der Waals surface area contributed by atoms with Crippen molar-refractivity contribution < 1.29 is 19.1 Å². The van der Waals surface area contributed by atoms with Crippen molar-refractivity contribution in [1.29, 1.82) is 0 Å². The lowest BCUT2D eigenvalue weighted by atomic mass is 9.99. The predicted octanol–water partition coefficient (Wildman–Crippen LogP) is 5.16. The van der Waals surface area contributed by atoms with Crippen LogP contribution in [0, 0.1) is 5.82 Å². The number of fused-ring (bicyclic) bond motifs is 1. The van der Waals surface area contributed by atoms with Gasteiger partial charge in [-0.05, 0) is 81.5 Å². The van der Waals surface area contributed by atoms with Crippen molar-refractivity contribution in [3.05, 3.63) is 89.2 Å². The summed E-state index contributed by atoms with van der Waals surface area (Å²) < 4.78 is 13.9. The summed E-state index contributed by atoms with van der Waals surface area (Å²) in [7, 11) is 4.01. The quantitative estimate of drug-likeness (QED) is 0.222. The molecule has 0 unspecified atom stereocenters. The third-order valence-electron chi connectivity index (χ3n) is 6.76. The molecule has 0 saturated heterocycles. The monoisotopic (exact) mass is 557 g/mol. The van der Waals surface area contributed by atoms with Crippen LogP contribution < -0.4 is 10.2 Å². The minimum Gasteiger partial charge on any atom is -0.494 e. The van der Waals surface area contributed by atoms with Gasteiger partial charge in [-0.15, -0.1) is 0 Å². The van der Waals surface area contributed by atoms with Gasteiger partial charge in [0.25, 0.3) is 0 Å². The molecule has 214 valence electrons. The van der Waals surface area contributed by atoms with Gasteiger partial charge >= 0.3 is 0 Å². The lowest BCUT2D eigenvalue weighted by molar-refractivity contribution is -0.119. The number of benzene rings is 3. The van der Waals surface area contributed by atoms with Crippen molar-refractivity contribution in [3.63, 3.8) is 0 Å². The number of nitrogens with zero attached hydrogens (tertiary/aromatic N) is 3. The first-order chi connectivity index (χ1) is 19.6. The number of hydrogen-bond acceptors (Lipinski definition) is 5. The maximum absolute atomic E-state index is 13.9. The highest BCUT2D eigenvalue weighted by atomic mass is 19.1. The summed E-state index contributed by atoms with van der Waals surface area (Å²) in [4.78, 5) is 35.2. The Morgan fingerprint density at radius 3 is 2.32 bits per heavy atom. The molecular formula is C32H36FN5O3. The van der Waals surface area contributed by atoms with E-state index >= 15 is 0 Å². The molecule has 8 nitrogen and oxygen atoms in total. The molecule has 0 aliphatic rings. The maximum atomic E-state index is 13.9. The number of amides is 2. The zero-order valence-corrected chi connectivity index (χ0v) is 23.9. The number of anilines is 1. The van der Waals surface area contributed by atoms with E-state index in [9.17, 15) is 19.1 Å². The van der Waals surface area contributed by atoms with Crippen molar-refractivity contribution in [2.45, 2.75) is 26.7 Å². The van der Waals surface area contributed by atoms with Crippen LogP contribution in [-0.2, 0) is 16.0 Å². The highest BCUT2D eigenvalue weighted by Crippen LogP contribution is 2.32. The number of aromatic nitrogens is 1. The summed E-state index contributed by atoms with van der Waals surface area (Å²) >= 11 is 0. The minimum absolute atomic E-state index is 0.0322. The molecule has 0 aliphatic heterocycles. The largest absolute Gasteiger partial charge is 0.494 e. The minimum atomic E-state index is -0.413. The van der Waals surface area contributed by atoms with Crippen molar-refractivity contribution in [2.24, 2.45) is 4.99 Å². The average molecular weight is 558 g/mol. The number of nitrogens with one attached hydrogen (secondary N) is 2. The normalized spacial score (nSPS) is 11.7. The van der Waals surface area contributed by atoms with E-state index in [0.717, 1.165) is 29.8 Å². The van der Waals surface area contributed by atoms with Crippen LogP contribution in [0.15, 0.2) is 71.7 Å². The number of carbonyl (C=O) groups is 2. The van der Waals surface area contributed by atoms with E-state index < -0.39 is 5.82 Å². The molecule has 0 spiro atoms. The van der Waals surface area contributed by atoms with Crippen molar-refractivity contribution in [2.75, 3.05) is 38.6 Å². The SMILES string of the molecule is CC(=O)NCCc1ccc(C(=Nc2ccc(N(CCCN(C)C)C(C)=O)cc2)c2c(O)[nH]c3cc(F)ccc23)cc1. The van der Waals surface area contributed by atoms with Crippen LogP contribution in [0.25, 0.3) is 10.9 Å². The Morgan fingerprint density at radius 2 is 1.68 bits per heavy atom. The number of aliphatic imine (C=N–C) groups is 1. The van der Waals surface area contributed by atoms with Gasteiger partial charge in [0.05, 0.1) is 22.5 Å². The molecule has 1 heterocycles. The molecule has 0 bridgehead atoms. The Balaban J connectivity index is 1.71. The Hall–Kier alpha value is -4.50. The van der Waals surface area contributed by atoms with Gasteiger partial charge in [0.15, 0.2) is 5.88 Å². The summed E-state index contributed by atoms with van der Waals surface area (Å²) in [6.07, 6.45) is 1.52. The number of H-pyrrole nitrogens is 1. The molecule has 0 saturated carbocycles. The van der Waals surface area contributed by atoms with Crippen LogP contribution >= 0.6 is 0 Å². The molecule has 3 N–H and O–H groups in total.